The molecule has 2 heteroatoms. The molecule has 1 heterocycles. The molecule has 1 saturated heterocycles. The van der Waals surface area contributed by atoms with Crippen LogP contribution in [0.2, 0.25) is 0 Å². The van der Waals surface area contributed by atoms with Gasteiger partial charge in [-0.15, -0.1) is 0 Å². The second-order valence-corrected chi connectivity index (χ2v) is 5.36. The highest BCUT2D eigenvalue weighted by molar-refractivity contribution is 4.76. The minimum Gasteiger partial charge on any atom is -0.314 e. The summed E-state index contributed by atoms with van der Waals surface area (Å²) in [6.45, 7) is 10.7. The van der Waals surface area contributed by atoms with Crippen molar-refractivity contribution in [1.29, 1.82) is 0 Å². The van der Waals surface area contributed by atoms with Crippen LogP contribution in [-0.4, -0.2) is 37.6 Å². The van der Waals surface area contributed by atoms with Gasteiger partial charge in [0.25, 0.3) is 0 Å². The third-order valence-electron chi connectivity index (χ3n) is 3.07. The summed E-state index contributed by atoms with van der Waals surface area (Å²) in [6.07, 6.45) is 2.67. The highest BCUT2D eigenvalue weighted by Gasteiger charge is 2.19. The van der Waals surface area contributed by atoms with Crippen molar-refractivity contribution in [3.63, 3.8) is 0 Å². The summed E-state index contributed by atoms with van der Waals surface area (Å²) in [5.41, 5.74) is 0. The molecule has 1 aliphatic rings. The molecule has 0 saturated carbocycles. The number of hydrogen-bond acceptors (Lipinski definition) is 2. The van der Waals surface area contributed by atoms with Crippen molar-refractivity contribution in [3.8, 4) is 0 Å². The van der Waals surface area contributed by atoms with Crippen molar-refractivity contribution in [2.75, 3.05) is 26.7 Å². The molecule has 1 rings (SSSR count). The van der Waals surface area contributed by atoms with Crippen LogP contribution in [0.3, 0.4) is 0 Å². The van der Waals surface area contributed by atoms with E-state index in [0.29, 0.717) is 6.04 Å². The van der Waals surface area contributed by atoms with Crippen LogP contribution in [0.5, 0.6) is 0 Å². The fourth-order valence-corrected chi connectivity index (χ4v) is 2.35. The minimum atomic E-state index is 0.681. The predicted molar refractivity (Wildman–Crippen MR) is 62.5 cm³/mol. The highest BCUT2D eigenvalue weighted by Crippen LogP contribution is 2.13. The van der Waals surface area contributed by atoms with E-state index in [0.717, 1.165) is 11.8 Å². The van der Waals surface area contributed by atoms with E-state index in [1.165, 1.54) is 32.5 Å². The maximum Gasteiger partial charge on any atom is 0.00412 e. The van der Waals surface area contributed by atoms with Gasteiger partial charge in [-0.3, -0.25) is 0 Å². The first-order valence-electron chi connectivity index (χ1n) is 6.00. The minimum absolute atomic E-state index is 0.681. The summed E-state index contributed by atoms with van der Waals surface area (Å²) in [6, 6.07) is 0.681. The summed E-state index contributed by atoms with van der Waals surface area (Å²) in [7, 11) is 2.22. The van der Waals surface area contributed by atoms with E-state index in [9.17, 15) is 0 Å². The van der Waals surface area contributed by atoms with E-state index < -0.39 is 0 Å². The van der Waals surface area contributed by atoms with Gasteiger partial charge in [0.15, 0.2) is 0 Å². The van der Waals surface area contributed by atoms with Crippen molar-refractivity contribution < 1.29 is 0 Å². The second kappa shape index (κ2) is 5.72. The molecule has 0 spiro atoms. The van der Waals surface area contributed by atoms with Crippen molar-refractivity contribution in [2.45, 2.75) is 39.7 Å². The van der Waals surface area contributed by atoms with E-state index in [1.54, 1.807) is 0 Å². The average molecular weight is 198 g/mol. The smallest absolute Gasteiger partial charge is 0.00412 e. The summed E-state index contributed by atoms with van der Waals surface area (Å²) < 4.78 is 0. The predicted octanol–water partition coefficient (Wildman–Crippen LogP) is 1.96. The Morgan fingerprint density at radius 1 is 1.36 bits per heavy atom. The molecule has 0 amide bonds. The SMILES string of the molecule is CC(C)CC(C)NCC1CCN(C)C1. The van der Waals surface area contributed by atoms with Gasteiger partial charge in [0.2, 0.25) is 0 Å². The Hall–Kier alpha value is -0.0800. The normalized spacial score (nSPS) is 25.9. The van der Waals surface area contributed by atoms with Crippen LogP contribution in [-0.2, 0) is 0 Å². The van der Waals surface area contributed by atoms with Crippen LogP contribution in [0, 0.1) is 11.8 Å². The zero-order valence-corrected chi connectivity index (χ0v) is 10.2. The molecule has 0 aromatic heterocycles. The molecule has 14 heavy (non-hydrogen) atoms. The first kappa shape index (κ1) is 12.0. The Morgan fingerprint density at radius 2 is 2.07 bits per heavy atom. The van der Waals surface area contributed by atoms with Crippen molar-refractivity contribution in [1.82, 2.24) is 10.2 Å². The van der Waals surface area contributed by atoms with Gasteiger partial charge in [-0.25, -0.2) is 0 Å². The topological polar surface area (TPSA) is 15.3 Å². The lowest BCUT2D eigenvalue weighted by atomic mass is 10.0. The summed E-state index contributed by atoms with van der Waals surface area (Å²) in [4.78, 5) is 2.43. The first-order valence-corrected chi connectivity index (χ1v) is 6.00. The molecule has 84 valence electrons. The highest BCUT2D eigenvalue weighted by atomic mass is 15.1. The quantitative estimate of drug-likeness (QED) is 0.726. The molecule has 0 bridgehead atoms. The van der Waals surface area contributed by atoms with Crippen molar-refractivity contribution in [2.24, 2.45) is 11.8 Å². The Kier molecular flexibility index (Phi) is 4.90. The van der Waals surface area contributed by atoms with Crippen molar-refractivity contribution >= 4 is 0 Å². The molecule has 1 N–H and O–H groups in total. The summed E-state index contributed by atoms with van der Waals surface area (Å²) in [5, 5.41) is 3.65. The van der Waals surface area contributed by atoms with Crippen LogP contribution in [0.25, 0.3) is 0 Å². The fraction of sp³-hybridized carbons (Fsp3) is 1.00. The molecule has 1 aliphatic heterocycles. The Balaban J connectivity index is 2.08. The Morgan fingerprint density at radius 3 is 2.57 bits per heavy atom. The maximum atomic E-state index is 3.65. The fourth-order valence-electron chi connectivity index (χ4n) is 2.35. The average Bonchev–Trinajstić information content (AvgIpc) is 2.47. The number of rotatable bonds is 5. The molecule has 0 aromatic rings. The number of hydrogen-bond donors (Lipinski definition) is 1. The monoisotopic (exact) mass is 198 g/mol. The van der Waals surface area contributed by atoms with Crippen LogP contribution in [0.4, 0.5) is 0 Å². The van der Waals surface area contributed by atoms with Crippen LogP contribution in [0.15, 0.2) is 0 Å². The number of nitrogens with zero attached hydrogens (tertiary/aromatic N) is 1. The molecule has 0 aromatic carbocycles. The summed E-state index contributed by atoms with van der Waals surface area (Å²) in [5.74, 6) is 1.69. The largest absolute Gasteiger partial charge is 0.314 e. The number of likely N-dealkylation sites (tertiary alicyclic amines) is 1. The van der Waals surface area contributed by atoms with Gasteiger partial charge < -0.3 is 10.2 Å². The van der Waals surface area contributed by atoms with E-state index in [4.69, 9.17) is 0 Å². The van der Waals surface area contributed by atoms with Crippen LogP contribution in [0.1, 0.15) is 33.6 Å². The van der Waals surface area contributed by atoms with E-state index in [1.807, 2.05) is 0 Å². The maximum absolute atomic E-state index is 3.65. The van der Waals surface area contributed by atoms with E-state index in [2.05, 4.69) is 38.0 Å². The zero-order chi connectivity index (χ0) is 10.6. The van der Waals surface area contributed by atoms with Gasteiger partial charge in [0.1, 0.15) is 0 Å². The first-order chi connectivity index (χ1) is 6.58. The molecular weight excluding hydrogens is 172 g/mol. The lowest BCUT2D eigenvalue weighted by Crippen LogP contribution is -2.33. The zero-order valence-electron chi connectivity index (χ0n) is 10.2. The molecule has 0 aliphatic carbocycles. The summed E-state index contributed by atoms with van der Waals surface area (Å²) >= 11 is 0. The van der Waals surface area contributed by atoms with E-state index in [-0.39, 0.29) is 0 Å². The van der Waals surface area contributed by atoms with Crippen LogP contribution >= 0.6 is 0 Å². The third-order valence-corrected chi connectivity index (χ3v) is 3.07. The van der Waals surface area contributed by atoms with Gasteiger partial charge >= 0.3 is 0 Å². The third kappa shape index (κ3) is 4.43. The molecule has 0 radical (unpaired) electrons. The van der Waals surface area contributed by atoms with Gasteiger partial charge in [-0.1, -0.05) is 13.8 Å². The Labute approximate surface area is 89.1 Å². The second-order valence-electron chi connectivity index (χ2n) is 5.36. The van der Waals surface area contributed by atoms with Gasteiger partial charge in [0.05, 0.1) is 0 Å². The van der Waals surface area contributed by atoms with Crippen LogP contribution < -0.4 is 5.32 Å². The van der Waals surface area contributed by atoms with Gasteiger partial charge in [-0.05, 0) is 51.7 Å². The van der Waals surface area contributed by atoms with Gasteiger partial charge in [0, 0.05) is 12.6 Å². The van der Waals surface area contributed by atoms with Crippen molar-refractivity contribution in [3.05, 3.63) is 0 Å². The molecule has 2 nitrogen and oxygen atoms in total. The molecule has 2 unspecified atom stereocenters. The lowest BCUT2D eigenvalue weighted by Gasteiger charge is -2.18. The molecule has 2 atom stereocenters. The van der Waals surface area contributed by atoms with Gasteiger partial charge in [-0.2, -0.15) is 0 Å². The molecular formula is C12H26N2. The number of nitrogens with one attached hydrogen (secondary N) is 1. The Bertz CT molecular complexity index is 156. The molecule has 1 fully saturated rings. The van der Waals surface area contributed by atoms with E-state index >= 15 is 0 Å². The lowest BCUT2D eigenvalue weighted by molar-refractivity contribution is 0.368. The standard InChI is InChI=1S/C12H26N2/c1-10(2)7-11(3)13-8-12-5-6-14(4)9-12/h10-13H,5-9H2,1-4H3.